The van der Waals surface area contributed by atoms with Crippen molar-refractivity contribution in [2.24, 2.45) is 0 Å². The molecule has 140 valence electrons. The molecule has 3 aromatic rings. The molecule has 8 nitrogen and oxygen atoms in total. The normalized spacial score (nSPS) is 17.1. The van der Waals surface area contributed by atoms with Crippen LogP contribution < -0.4 is 9.47 Å². The molecular weight excluding hydrogens is 346 g/mol. The number of fused-ring (bicyclic) bond motifs is 1. The van der Waals surface area contributed by atoms with Crippen molar-refractivity contribution in [2.45, 2.75) is 18.8 Å². The number of amides is 1. The number of H-pyrrole nitrogens is 1. The fraction of sp³-hybridized carbons (Fsp3) is 0.368. The number of ether oxygens (including phenoxy) is 2. The SMILES string of the molecule is COc1ccc(C(=O)N2CCC[C@H](c3[nH]nc4nccnc34)C2)cc1OC. The summed E-state index contributed by atoms with van der Waals surface area (Å²) in [6.07, 6.45) is 5.19. The monoisotopic (exact) mass is 367 g/mol. The number of hydrogen-bond donors (Lipinski definition) is 1. The molecule has 4 rings (SSSR count). The van der Waals surface area contributed by atoms with Gasteiger partial charge in [0.25, 0.3) is 5.91 Å². The van der Waals surface area contributed by atoms with Gasteiger partial charge in [-0.25, -0.2) is 9.97 Å². The van der Waals surface area contributed by atoms with E-state index in [2.05, 4.69) is 20.2 Å². The van der Waals surface area contributed by atoms with Crippen LogP contribution in [0.5, 0.6) is 11.5 Å². The van der Waals surface area contributed by atoms with E-state index < -0.39 is 0 Å². The quantitative estimate of drug-likeness (QED) is 0.761. The Morgan fingerprint density at radius 3 is 2.81 bits per heavy atom. The van der Waals surface area contributed by atoms with E-state index in [1.54, 1.807) is 44.8 Å². The number of carbonyl (C=O) groups excluding carboxylic acids is 1. The summed E-state index contributed by atoms with van der Waals surface area (Å²) in [5.41, 5.74) is 2.92. The first-order valence-electron chi connectivity index (χ1n) is 8.87. The molecule has 1 atom stereocenters. The molecule has 2 aromatic heterocycles. The van der Waals surface area contributed by atoms with Gasteiger partial charge in [0.1, 0.15) is 5.52 Å². The molecule has 1 N–H and O–H groups in total. The zero-order chi connectivity index (χ0) is 18.8. The maximum atomic E-state index is 13.0. The molecule has 0 unspecified atom stereocenters. The van der Waals surface area contributed by atoms with Gasteiger partial charge in [-0.3, -0.25) is 9.89 Å². The van der Waals surface area contributed by atoms with Crippen LogP contribution in [0.3, 0.4) is 0 Å². The van der Waals surface area contributed by atoms with Crippen molar-refractivity contribution >= 4 is 17.1 Å². The Morgan fingerprint density at radius 2 is 2.00 bits per heavy atom. The van der Waals surface area contributed by atoms with Gasteiger partial charge < -0.3 is 14.4 Å². The number of nitrogens with one attached hydrogen (secondary N) is 1. The number of likely N-dealkylation sites (tertiary alicyclic amines) is 1. The van der Waals surface area contributed by atoms with Crippen LogP contribution in [-0.4, -0.2) is 58.3 Å². The first-order valence-corrected chi connectivity index (χ1v) is 8.87. The molecule has 1 saturated heterocycles. The van der Waals surface area contributed by atoms with E-state index in [0.29, 0.717) is 29.3 Å². The summed E-state index contributed by atoms with van der Waals surface area (Å²) in [4.78, 5) is 23.5. The molecule has 1 fully saturated rings. The van der Waals surface area contributed by atoms with Crippen LogP contribution in [0.2, 0.25) is 0 Å². The summed E-state index contributed by atoms with van der Waals surface area (Å²) in [5.74, 6) is 1.29. The lowest BCUT2D eigenvalue weighted by Crippen LogP contribution is -2.39. The lowest BCUT2D eigenvalue weighted by molar-refractivity contribution is 0.0705. The van der Waals surface area contributed by atoms with Crippen LogP contribution in [0.25, 0.3) is 11.2 Å². The number of nitrogens with zero attached hydrogens (tertiary/aromatic N) is 4. The van der Waals surface area contributed by atoms with Crippen LogP contribution in [0.1, 0.15) is 34.8 Å². The number of rotatable bonds is 4. The maximum absolute atomic E-state index is 13.0. The Balaban J connectivity index is 1.57. The second-order valence-electron chi connectivity index (χ2n) is 6.53. The highest BCUT2D eigenvalue weighted by atomic mass is 16.5. The summed E-state index contributed by atoms with van der Waals surface area (Å²) in [7, 11) is 3.14. The minimum absolute atomic E-state index is 0.0180. The highest BCUT2D eigenvalue weighted by molar-refractivity contribution is 5.95. The van der Waals surface area contributed by atoms with Gasteiger partial charge in [-0.2, -0.15) is 5.10 Å². The molecule has 0 spiro atoms. The summed E-state index contributed by atoms with van der Waals surface area (Å²) < 4.78 is 10.6. The Hall–Kier alpha value is -3.16. The first kappa shape index (κ1) is 17.3. The molecule has 0 radical (unpaired) electrons. The number of aromatic nitrogens is 4. The van der Waals surface area contributed by atoms with Crippen molar-refractivity contribution in [3.8, 4) is 11.5 Å². The molecule has 1 amide bonds. The summed E-state index contributed by atoms with van der Waals surface area (Å²) in [6, 6.07) is 5.25. The molecule has 0 aliphatic carbocycles. The van der Waals surface area contributed by atoms with Crippen LogP contribution in [0.15, 0.2) is 30.6 Å². The van der Waals surface area contributed by atoms with E-state index in [9.17, 15) is 4.79 Å². The lowest BCUT2D eigenvalue weighted by atomic mass is 9.93. The highest BCUT2D eigenvalue weighted by Gasteiger charge is 2.28. The van der Waals surface area contributed by atoms with Gasteiger partial charge in [0.05, 0.1) is 19.9 Å². The van der Waals surface area contributed by atoms with Crippen molar-refractivity contribution in [2.75, 3.05) is 27.3 Å². The number of aromatic amines is 1. The standard InChI is InChI=1S/C19H21N5O3/c1-26-14-6-5-12(10-15(14)27-2)19(25)24-9-3-4-13(11-24)16-17-18(23-22-16)21-8-7-20-17/h5-8,10,13H,3-4,9,11H2,1-2H3,(H,21,22,23)/t13-/m0/s1. The van der Waals surface area contributed by atoms with Crippen molar-refractivity contribution in [1.82, 2.24) is 25.1 Å². The van der Waals surface area contributed by atoms with E-state index in [0.717, 1.165) is 30.6 Å². The smallest absolute Gasteiger partial charge is 0.254 e. The number of hydrogen-bond acceptors (Lipinski definition) is 6. The van der Waals surface area contributed by atoms with Crippen molar-refractivity contribution in [3.05, 3.63) is 41.9 Å². The fourth-order valence-electron chi connectivity index (χ4n) is 3.60. The topological polar surface area (TPSA) is 93.2 Å². The van der Waals surface area contributed by atoms with Gasteiger partial charge >= 0.3 is 0 Å². The summed E-state index contributed by atoms with van der Waals surface area (Å²) in [5, 5.41) is 7.30. The maximum Gasteiger partial charge on any atom is 0.254 e. The van der Waals surface area contributed by atoms with Gasteiger partial charge in [-0.05, 0) is 31.0 Å². The second-order valence-corrected chi connectivity index (χ2v) is 6.53. The van der Waals surface area contributed by atoms with Crippen LogP contribution in [-0.2, 0) is 0 Å². The van der Waals surface area contributed by atoms with Gasteiger partial charge in [0, 0.05) is 37.0 Å². The number of methoxy groups -OCH3 is 2. The molecular formula is C19H21N5O3. The van der Waals surface area contributed by atoms with E-state index in [1.165, 1.54) is 0 Å². The number of piperidine rings is 1. The predicted octanol–water partition coefficient (Wildman–Crippen LogP) is 2.39. The van der Waals surface area contributed by atoms with E-state index >= 15 is 0 Å². The molecule has 1 aliphatic rings. The Labute approximate surface area is 156 Å². The summed E-state index contributed by atoms with van der Waals surface area (Å²) in [6.45, 7) is 1.34. The number of carbonyl (C=O) groups is 1. The van der Waals surface area contributed by atoms with Crippen LogP contribution in [0, 0.1) is 0 Å². The largest absolute Gasteiger partial charge is 0.493 e. The Bertz CT molecular complexity index is 971. The van der Waals surface area contributed by atoms with Crippen LogP contribution >= 0.6 is 0 Å². The lowest BCUT2D eigenvalue weighted by Gasteiger charge is -2.32. The Morgan fingerprint density at radius 1 is 1.19 bits per heavy atom. The molecule has 27 heavy (non-hydrogen) atoms. The Kier molecular flexibility index (Phi) is 4.62. The molecule has 3 heterocycles. The first-order chi connectivity index (χ1) is 13.2. The molecule has 8 heteroatoms. The van der Waals surface area contributed by atoms with Crippen molar-refractivity contribution < 1.29 is 14.3 Å². The van der Waals surface area contributed by atoms with Gasteiger partial charge in [0.2, 0.25) is 0 Å². The minimum atomic E-state index is -0.0180. The molecule has 0 bridgehead atoms. The fourth-order valence-corrected chi connectivity index (χ4v) is 3.60. The zero-order valence-corrected chi connectivity index (χ0v) is 15.3. The van der Waals surface area contributed by atoms with E-state index in [1.807, 2.05) is 4.90 Å². The molecule has 0 saturated carbocycles. The third kappa shape index (κ3) is 3.18. The zero-order valence-electron chi connectivity index (χ0n) is 15.3. The third-order valence-electron chi connectivity index (χ3n) is 4.96. The second kappa shape index (κ2) is 7.22. The van der Waals surface area contributed by atoms with Gasteiger partial charge in [-0.15, -0.1) is 0 Å². The average molecular weight is 367 g/mol. The molecule has 1 aromatic carbocycles. The average Bonchev–Trinajstić information content (AvgIpc) is 3.17. The minimum Gasteiger partial charge on any atom is -0.493 e. The molecule has 1 aliphatic heterocycles. The summed E-state index contributed by atoms with van der Waals surface area (Å²) >= 11 is 0. The van der Waals surface area contributed by atoms with Crippen molar-refractivity contribution in [3.63, 3.8) is 0 Å². The van der Waals surface area contributed by atoms with E-state index in [4.69, 9.17) is 9.47 Å². The highest BCUT2D eigenvalue weighted by Crippen LogP contribution is 2.31. The van der Waals surface area contributed by atoms with Gasteiger partial charge in [-0.1, -0.05) is 0 Å². The van der Waals surface area contributed by atoms with Crippen molar-refractivity contribution in [1.29, 1.82) is 0 Å². The van der Waals surface area contributed by atoms with E-state index in [-0.39, 0.29) is 11.8 Å². The number of benzene rings is 1. The van der Waals surface area contributed by atoms with Gasteiger partial charge in [0.15, 0.2) is 17.1 Å². The van der Waals surface area contributed by atoms with Crippen LogP contribution in [0.4, 0.5) is 0 Å². The predicted molar refractivity (Wildman–Crippen MR) is 99.1 cm³/mol. The third-order valence-corrected chi connectivity index (χ3v) is 4.96.